The average Bonchev–Trinajstić information content (AvgIpc) is 3.29. The second-order valence-corrected chi connectivity index (χ2v) is 7.11. The molecule has 3 aromatic rings. The summed E-state index contributed by atoms with van der Waals surface area (Å²) in [5.41, 5.74) is 1.11. The first kappa shape index (κ1) is 18.2. The van der Waals surface area contributed by atoms with E-state index in [1.54, 1.807) is 17.2 Å². The van der Waals surface area contributed by atoms with Gasteiger partial charge in [0, 0.05) is 31.5 Å². The number of piperidine rings is 1. The molecule has 1 aliphatic heterocycles. The molecule has 1 aromatic carbocycles. The van der Waals surface area contributed by atoms with E-state index >= 15 is 0 Å². The van der Waals surface area contributed by atoms with Crippen molar-refractivity contribution in [2.45, 2.75) is 25.8 Å². The minimum absolute atomic E-state index is 0.00505. The van der Waals surface area contributed by atoms with Gasteiger partial charge < -0.3 is 10.2 Å². The van der Waals surface area contributed by atoms with E-state index in [2.05, 4.69) is 25.3 Å². The smallest absolute Gasteiger partial charge is 0.225 e. The molecule has 0 unspecified atom stereocenters. The summed E-state index contributed by atoms with van der Waals surface area (Å²) in [6, 6.07) is 13.8. The lowest BCUT2D eigenvalue weighted by atomic mass is 9.96. The largest absolute Gasteiger partial charge is 0.356 e. The number of anilines is 1. The molecule has 144 valence electrons. The van der Waals surface area contributed by atoms with Gasteiger partial charge in [0.05, 0.1) is 12.0 Å². The van der Waals surface area contributed by atoms with E-state index in [0.717, 1.165) is 36.6 Å². The first-order chi connectivity index (χ1) is 13.7. The predicted molar refractivity (Wildman–Crippen MR) is 107 cm³/mol. The zero-order chi connectivity index (χ0) is 19.3. The molecule has 0 saturated carbocycles. The Hall–Kier alpha value is -3.22. The van der Waals surface area contributed by atoms with Gasteiger partial charge in [-0.05, 0) is 31.4 Å². The van der Waals surface area contributed by atoms with Gasteiger partial charge in [-0.25, -0.2) is 14.6 Å². The lowest BCUT2D eigenvalue weighted by Crippen LogP contribution is -2.44. The van der Waals surface area contributed by atoms with Crippen LogP contribution in [0.4, 0.5) is 5.82 Å². The van der Waals surface area contributed by atoms with E-state index in [4.69, 9.17) is 0 Å². The number of carbonyl (C=O) groups is 1. The highest BCUT2D eigenvalue weighted by atomic mass is 16.2. The molecule has 0 aliphatic carbocycles. The van der Waals surface area contributed by atoms with Gasteiger partial charge in [0.2, 0.25) is 5.91 Å². The van der Waals surface area contributed by atoms with Crippen molar-refractivity contribution in [1.29, 1.82) is 0 Å². The Labute approximate surface area is 164 Å². The third-order valence-electron chi connectivity index (χ3n) is 5.15. The number of hydrogen-bond acceptors (Lipinski definition) is 5. The highest BCUT2D eigenvalue weighted by Gasteiger charge is 2.27. The summed E-state index contributed by atoms with van der Waals surface area (Å²) < 4.78 is 1.71. The number of aromatic nitrogens is 4. The molecule has 1 amide bonds. The third-order valence-corrected chi connectivity index (χ3v) is 5.15. The summed E-state index contributed by atoms with van der Waals surface area (Å²) in [6.45, 7) is 3.56. The fourth-order valence-electron chi connectivity index (χ4n) is 3.60. The monoisotopic (exact) mass is 376 g/mol. The van der Waals surface area contributed by atoms with Gasteiger partial charge in [0.1, 0.15) is 12.1 Å². The van der Waals surface area contributed by atoms with Crippen molar-refractivity contribution in [3.63, 3.8) is 0 Å². The number of carbonyl (C=O) groups excluding carboxylic acids is 1. The topological polar surface area (TPSA) is 75.9 Å². The fraction of sp³-hybridized carbons (Fsp3) is 0.333. The molecule has 7 heteroatoms. The van der Waals surface area contributed by atoms with Crippen LogP contribution >= 0.6 is 0 Å². The standard InChI is InChI=1S/C21H24N6O/c1-16(17-7-3-2-4-8-17)25-21(28)18-9-5-11-26(14-18)19-13-20(23-15-22-19)27-12-6-10-24-27/h2-4,6-8,10,12-13,15-16,18H,5,9,11,14H2,1H3,(H,25,28)/t16-,18-/m1/s1. The van der Waals surface area contributed by atoms with Crippen LogP contribution < -0.4 is 10.2 Å². The summed E-state index contributed by atoms with van der Waals surface area (Å²) in [5, 5.41) is 7.38. The molecule has 7 nitrogen and oxygen atoms in total. The van der Waals surface area contributed by atoms with E-state index in [1.807, 2.05) is 55.6 Å². The normalized spacial score (nSPS) is 17.9. The highest BCUT2D eigenvalue weighted by Crippen LogP contribution is 2.23. The Morgan fingerprint density at radius 2 is 2.00 bits per heavy atom. The molecular formula is C21H24N6O. The molecular weight excluding hydrogens is 352 g/mol. The van der Waals surface area contributed by atoms with Crippen LogP contribution in [0.1, 0.15) is 31.4 Å². The number of hydrogen-bond donors (Lipinski definition) is 1. The second-order valence-electron chi connectivity index (χ2n) is 7.11. The molecule has 1 saturated heterocycles. The Kier molecular flexibility index (Phi) is 5.32. The van der Waals surface area contributed by atoms with Crippen molar-refractivity contribution < 1.29 is 4.79 Å². The third kappa shape index (κ3) is 4.03. The number of benzene rings is 1. The van der Waals surface area contributed by atoms with Crippen molar-refractivity contribution in [3.05, 3.63) is 66.7 Å². The Morgan fingerprint density at radius 3 is 2.79 bits per heavy atom. The molecule has 3 heterocycles. The van der Waals surface area contributed by atoms with Gasteiger partial charge in [-0.2, -0.15) is 5.10 Å². The minimum Gasteiger partial charge on any atom is -0.356 e. The summed E-state index contributed by atoms with van der Waals surface area (Å²) in [5.74, 6) is 1.60. The van der Waals surface area contributed by atoms with E-state index in [9.17, 15) is 4.79 Å². The van der Waals surface area contributed by atoms with E-state index in [1.165, 1.54) is 0 Å². The second kappa shape index (κ2) is 8.21. The Balaban J connectivity index is 1.43. The fourth-order valence-corrected chi connectivity index (χ4v) is 3.60. The van der Waals surface area contributed by atoms with Crippen LogP contribution in [0.2, 0.25) is 0 Å². The van der Waals surface area contributed by atoms with Crippen LogP contribution in [0.5, 0.6) is 0 Å². The van der Waals surface area contributed by atoms with E-state index in [0.29, 0.717) is 6.54 Å². The van der Waals surface area contributed by atoms with Crippen molar-refractivity contribution in [1.82, 2.24) is 25.1 Å². The minimum atomic E-state index is -0.0527. The lowest BCUT2D eigenvalue weighted by molar-refractivity contribution is -0.125. The van der Waals surface area contributed by atoms with Gasteiger partial charge in [-0.3, -0.25) is 4.79 Å². The summed E-state index contributed by atoms with van der Waals surface area (Å²) >= 11 is 0. The zero-order valence-electron chi connectivity index (χ0n) is 15.9. The molecule has 0 radical (unpaired) electrons. The Bertz CT molecular complexity index is 912. The first-order valence-corrected chi connectivity index (χ1v) is 9.63. The maximum Gasteiger partial charge on any atom is 0.225 e. The summed E-state index contributed by atoms with van der Waals surface area (Å²) in [4.78, 5) is 23.7. The SMILES string of the molecule is C[C@@H](NC(=O)[C@@H]1CCCN(c2cc(-n3cccn3)ncn2)C1)c1ccccc1. The van der Waals surface area contributed by atoms with Crippen LogP contribution in [0.15, 0.2) is 61.2 Å². The van der Waals surface area contributed by atoms with Gasteiger partial charge in [-0.15, -0.1) is 0 Å². The van der Waals surface area contributed by atoms with Crippen LogP contribution in [0, 0.1) is 5.92 Å². The molecule has 1 fully saturated rings. The van der Waals surface area contributed by atoms with Gasteiger partial charge in [0.25, 0.3) is 0 Å². The maximum absolute atomic E-state index is 12.8. The predicted octanol–water partition coefficient (Wildman–Crippen LogP) is 2.76. The van der Waals surface area contributed by atoms with Gasteiger partial charge in [-0.1, -0.05) is 30.3 Å². The number of amides is 1. The molecule has 2 aromatic heterocycles. The van der Waals surface area contributed by atoms with Crippen LogP contribution in [0.25, 0.3) is 5.82 Å². The molecule has 1 N–H and O–H groups in total. The van der Waals surface area contributed by atoms with Gasteiger partial charge in [0.15, 0.2) is 5.82 Å². The average molecular weight is 376 g/mol. The molecule has 4 rings (SSSR count). The van der Waals surface area contributed by atoms with Crippen molar-refractivity contribution in [2.24, 2.45) is 5.92 Å². The number of nitrogens with zero attached hydrogens (tertiary/aromatic N) is 5. The van der Waals surface area contributed by atoms with Crippen LogP contribution in [-0.4, -0.2) is 38.7 Å². The first-order valence-electron chi connectivity index (χ1n) is 9.63. The lowest BCUT2D eigenvalue weighted by Gasteiger charge is -2.33. The van der Waals surface area contributed by atoms with Crippen molar-refractivity contribution >= 4 is 11.7 Å². The number of rotatable bonds is 5. The van der Waals surface area contributed by atoms with Gasteiger partial charge >= 0.3 is 0 Å². The quantitative estimate of drug-likeness (QED) is 0.741. The highest BCUT2D eigenvalue weighted by molar-refractivity contribution is 5.80. The summed E-state index contributed by atoms with van der Waals surface area (Å²) in [6.07, 6.45) is 6.97. The maximum atomic E-state index is 12.8. The van der Waals surface area contributed by atoms with E-state index in [-0.39, 0.29) is 17.9 Å². The summed E-state index contributed by atoms with van der Waals surface area (Å²) in [7, 11) is 0. The molecule has 0 bridgehead atoms. The van der Waals surface area contributed by atoms with Crippen LogP contribution in [-0.2, 0) is 4.79 Å². The molecule has 2 atom stereocenters. The van der Waals surface area contributed by atoms with E-state index < -0.39 is 0 Å². The Morgan fingerprint density at radius 1 is 1.18 bits per heavy atom. The molecule has 1 aliphatic rings. The van der Waals surface area contributed by atoms with Crippen molar-refractivity contribution in [3.8, 4) is 5.82 Å². The molecule has 0 spiro atoms. The molecule has 28 heavy (non-hydrogen) atoms. The number of nitrogens with one attached hydrogen (secondary N) is 1. The van der Waals surface area contributed by atoms with Crippen molar-refractivity contribution in [2.75, 3.05) is 18.0 Å². The zero-order valence-corrected chi connectivity index (χ0v) is 15.9. The van der Waals surface area contributed by atoms with Crippen LogP contribution in [0.3, 0.4) is 0 Å².